The zero-order valence-corrected chi connectivity index (χ0v) is 67.5. The number of hydrogen-bond acceptors (Lipinski definition) is 4. The van der Waals surface area contributed by atoms with Crippen LogP contribution >= 0.6 is 28.6 Å². The van der Waals surface area contributed by atoms with Gasteiger partial charge in [-0.2, -0.15) is 0 Å². The fourth-order valence-electron chi connectivity index (χ4n) is 21.4. The fourth-order valence-corrected chi connectivity index (χ4v) is 42.6. The van der Waals surface area contributed by atoms with Gasteiger partial charge in [-0.25, -0.2) is 0 Å². The molecule has 0 heterocycles. The van der Waals surface area contributed by atoms with Gasteiger partial charge >= 0.3 is 38.2 Å². The van der Waals surface area contributed by atoms with Gasteiger partial charge in [0.15, 0.2) is 0 Å². The van der Waals surface area contributed by atoms with Gasteiger partial charge < -0.3 is 96.6 Å². The maximum absolute atomic E-state index is 14.3. The molecule has 12 rings (SSSR count). The van der Waals surface area contributed by atoms with E-state index in [9.17, 15) is 18.3 Å². The summed E-state index contributed by atoms with van der Waals surface area (Å²) in [4.78, 5) is 0. The molecule has 0 aromatic carbocycles. The predicted molar refractivity (Wildman–Crippen MR) is 377 cm³/mol. The molecular weight excluding hydrogens is 1530 g/mol. The molecule has 0 bridgehead atoms. The van der Waals surface area contributed by atoms with Crippen molar-refractivity contribution in [3.63, 3.8) is 0 Å². The van der Waals surface area contributed by atoms with Crippen molar-refractivity contribution in [2.24, 2.45) is 0 Å². The molecule has 0 aliphatic heterocycles. The van der Waals surface area contributed by atoms with Crippen LogP contribution in [-0.4, -0.2) is 67.9 Å². The zero-order valence-electron chi connectivity index (χ0n) is 57.1. The van der Waals surface area contributed by atoms with Crippen LogP contribution in [-0.2, 0) is 45.6 Å². The molecule has 15 N–H and O–H groups in total. The molecule has 0 aromatic heterocycles. The third kappa shape index (κ3) is 24.9. The molecule has 9 nitrogen and oxygen atoms in total. The van der Waals surface area contributed by atoms with Gasteiger partial charge in [-0.15, -0.1) is 0 Å². The molecule has 0 spiro atoms. The average Bonchev–Trinajstić information content (AvgIpc) is 1.29. The van der Waals surface area contributed by atoms with Crippen molar-refractivity contribution in [1.29, 1.82) is 0 Å². The van der Waals surface area contributed by atoms with Crippen LogP contribution in [0.4, 0.5) is 0 Å². The van der Waals surface area contributed by atoms with Crippen molar-refractivity contribution in [1.82, 2.24) is 0 Å². The third-order valence-electron chi connectivity index (χ3n) is 25.7. The van der Waals surface area contributed by atoms with E-state index in [1.54, 1.807) is 0 Å². The second kappa shape index (κ2) is 49.1. The Balaban J connectivity index is 0.00000112. The minimum atomic E-state index is -1.95. The van der Waals surface area contributed by atoms with Crippen LogP contribution < -0.4 is 50.9 Å². The molecule has 89 heavy (non-hydrogen) atoms. The second-order valence-corrected chi connectivity index (χ2v) is 45.4. The summed E-state index contributed by atoms with van der Waals surface area (Å²) >= 11 is 0. The molecule has 0 aromatic rings. The molecule has 17 heteroatoms. The fraction of sp³-hybridized carbons (Fsp3) is 1.00. The summed E-state index contributed by atoms with van der Waals surface area (Å²) < 4.78 is 57.1. The van der Waals surface area contributed by atoms with Gasteiger partial charge in [0.25, 0.3) is 0 Å². The SMILES string of the molecule is O=P(C1CCCCC1)(C1CCCCC1)C1CCCCC1.O=P(C1CCCCC1)(C1CCCCC1)C1CCCCC1.O=P(C1CCCCC1)(C1CCCCC1)C1CCCCC1.O=P(C1CCCCC1)(C1CCCCC1)C1CCCCC1.[Br-].[Br-].[Br-].[Dy+3].[OH3+].[OH3+].[OH3+].[OH3+].[OH3+]. The van der Waals surface area contributed by atoms with Gasteiger partial charge in [0.05, 0.1) is 28.6 Å². The van der Waals surface area contributed by atoms with E-state index in [-0.39, 0.29) is 116 Å². The molecule has 0 amide bonds. The summed E-state index contributed by atoms with van der Waals surface area (Å²) in [6.45, 7) is 0. The van der Waals surface area contributed by atoms with Crippen LogP contribution in [0.15, 0.2) is 0 Å². The number of halogens is 3. The first kappa shape index (κ1) is 92.4. The van der Waals surface area contributed by atoms with Crippen LogP contribution in [0.2, 0.25) is 0 Å². The summed E-state index contributed by atoms with van der Waals surface area (Å²) in [7, 11) is -7.78. The summed E-state index contributed by atoms with van der Waals surface area (Å²) in [5.41, 5.74) is 7.53. The van der Waals surface area contributed by atoms with Gasteiger partial charge in [-0.1, -0.05) is 231 Å². The van der Waals surface area contributed by atoms with E-state index >= 15 is 0 Å². The molecule has 1 radical (unpaired) electrons. The smallest absolute Gasteiger partial charge is 1.00 e. The predicted octanol–water partition coefficient (Wildman–Crippen LogP) is 11.8. The Kier molecular flexibility index (Phi) is 51.0. The minimum Gasteiger partial charge on any atom is -1.00 e. The van der Waals surface area contributed by atoms with E-state index in [0.29, 0.717) is 67.9 Å². The normalized spacial score (nSPS) is 25.7. The van der Waals surface area contributed by atoms with Crippen molar-refractivity contribution in [3.8, 4) is 0 Å². The summed E-state index contributed by atoms with van der Waals surface area (Å²) in [5, 5.41) is 0. The maximum atomic E-state index is 14.3. The standard InChI is InChI=1S/4C18H33OP.3BrH.Dy.5H2O/c4*19-20(16-10-4-1-5-11-16,17-12-6-2-7-13-17)18-14-8-3-9-15-18;;;;;;;;;/h4*16-18H,1-15H2;3*1H;;5*1H2/q;;;;;;;+3;;;;;/p+2. The Morgan fingerprint density at radius 2 is 0.191 bits per heavy atom. The van der Waals surface area contributed by atoms with Gasteiger partial charge in [0.1, 0.15) is 0 Å². The van der Waals surface area contributed by atoms with E-state index in [0.717, 1.165) is 0 Å². The Labute approximate surface area is 610 Å². The molecular formula is C72H147Br3DyO9P4+5. The topological polar surface area (TPSA) is 233 Å². The van der Waals surface area contributed by atoms with E-state index in [2.05, 4.69) is 0 Å². The van der Waals surface area contributed by atoms with E-state index in [1.165, 1.54) is 385 Å². The first-order valence-corrected chi connectivity index (χ1v) is 45.3. The quantitative estimate of drug-likeness (QED) is 0.137. The molecule has 12 fully saturated rings. The average molecular weight is 1680 g/mol. The van der Waals surface area contributed by atoms with Crippen molar-refractivity contribution >= 4 is 28.6 Å². The van der Waals surface area contributed by atoms with Gasteiger partial charge in [-0.3, -0.25) is 0 Å². The van der Waals surface area contributed by atoms with Gasteiger partial charge in [0.2, 0.25) is 0 Å². The van der Waals surface area contributed by atoms with Crippen molar-refractivity contribution in [2.75, 3.05) is 0 Å². The van der Waals surface area contributed by atoms with E-state index in [4.69, 9.17) is 0 Å². The minimum absolute atomic E-state index is 0. The van der Waals surface area contributed by atoms with Gasteiger partial charge in [0, 0.05) is 67.9 Å². The van der Waals surface area contributed by atoms with Crippen molar-refractivity contribution < 1.29 is 135 Å². The number of rotatable bonds is 12. The van der Waals surface area contributed by atoms with Crippen molar-refractivity contribution in [3.05, 3.63) is 0 Å². The monoisotopic (exact) mass is 1680 g/mol. The van der Waals surface area contributed by atoms with Crippen LogP contribution in [0.3, 0.4) is 0 Å². The van der Waals surface area contributed by atoms with Crippen LogP contribution in [0.25, 0.3) is 0 Å². The van der Waals surface area contributed by atoms with Crippen LogP contribution in [0, 0.1) is 38.2 Å². The molecule has 535 valence electrons. The maximum Gasteiger partial charge on any atom is 3.00 e. The Bertz CT molecular complexity index is 1440. The number of hydrogen-bond donors (Lipinski definition) is 0. The molecule has 0 atom stereocenters. The Hall–Kier alpha value is 3.43. The second-order valence-electron chi connectivity index (χ2n) is 30.6. The largest absolute Gasteiger partial charge is 3.00 e. The summed E-state index contributed by atoms with van der Waals surface area (Å²) in [6, 6.07) is 0. The van der Waals surface area contributed by atoms with Crippen LogP contribution in [0.1, 0.15) is 385 Å². The molecule has 0 unspecified atom stereocenters. The molecule has 12 aliphatic carbocycles. The molecule has 0 saturated heterocycles. The van der Waals surface area contributed by atoms with Crippen LogP contribution in [0.5, 0.6) is 0 Å². The third-order valence-corrected chi connectivity index (χ3v) is 45.6. The first-order chi connectivity index (χ1) is 39.3. The molecule has 12 saturated carbocycles. The Morgan fingerprint density at radius 1 is 0.135 bits per heavy atom. The summed E-state index contributed by atoms with van der Waals surface area (Å²) in [6.07, 6.45) is 80.4. The van der Waals surface area contributed by atoms with E-state index < -0.39 is 28.6 Å². The molecule has 12 aliphatic rings. The first-order valence-electron chi connectivity index (χ1n) is 37.6. The zero-order chi connectivity index (χ0) is 55.4. The Morgan fingerprint density at radius 3 is 0.247 bits per heavy atom. The van der Waals surface area contributed by atoms with Crippen molar-refractivity contribution in [2.45, 2.75) is 453 Å². The van der Waals surface area contributed by atoms with Gasteiger partial charge in [-0.05, 0) is 154 Å². The van der Waals surface area contributed by atoms with E-state index in [1.807, 2.05) is 0 Å². The summed E-state index contributed by atoms with van der Waals surface area (Å²) in [5.74, 6) is 0.